The summed E-state index contributed by atoms with van der Waals surface area (Å²) in [5.41, 5.74) is 4.11. The third-order valence-corrected chi connectivity index (χ3v) is 8.92. The lowest BCUT2D eigenvalue weighted by Gasteiger charge is -2.33. The van der Waals surface area contributed by atoms with Gasteiger partial charge >= 0.3 is 0 Å². The molecule has 162 valence electrons. The number of fused-ring (bicyclic) bond motifs is 4. The largest absolute Gasteiger partial charge is 0.311 e. The van der Waals surface area contributed by atoms with Gasteiger partial charge in [-0.05, 0) is 60.6 Å². The van der Waals surface area contributed by atoms with Crippen LogP contribution in [0.1, 0.15) is 49.6 Å². The molecule has 0 N–H and O–H groups in total. The lowest BCUT2D eigenvalue weighted by Crippen LogP contribution is -2.36. The average Bonchev–Trinajstić information content (AvgIpc) is 3.15. The van der Waals surface area contributed by atoms with Gasteiger partial charge in [-0.1, -0.05) is 50.7 Å². The van der Waals surface area contributed by atoms with Crippen molar-refractivity contribution >= 4 is 44.9 Å². The van der Waals surface area contributed by atoms with Crippen LogP contribution in [-0.4, -0.2) is 28.2 Å². The number of hydrogen-bond acceptors (Lipinski definition) is 5. The zero-order valence-corrected chi connectivity index (χ0v) is 20.1. The van der Waals surface area contributed by atoms with Gasteiger partial charge in [0, 0.05) is 22.5 Å². The number of carbonyl (C=O) groups is 1. The van der Waals surface area contributed by atoms with Crippen LogP contribution in [0.25, 0.3) is 10.2 Å². The maximum atomic E-state index is 13.1. The molecule has 5 rings (SSSR count). The van der Waals surface area contributed by atoms with Crippen molar-refractivity contribution in [3.05, 3.63) is 46.6 Å². The molecule has 4 nitrogen and oxygen atoms in total. The number of nitrogens with zero attached hydrogens (tertiary/aromatic N) is 3. The molecule has 3 heterocycles. The summed E-state index contributed by atoms with van der Waals surface area (Å²) in [6.07, 6.45) is 7.17. The topological polar surface area (TPSA) is 46.1 Å². The van der Waals surface area contributed by atoms with Gasteiger partial charge in [-0.2, -0.15) is 0 Å². The van der Waals surface area contributed by atoms with Gasteiger partial charge in [0.05, 0.1) is 5.75 Å². The molecular formula is C25H29N3OS2. The number of amides is 1. The molecule has 1 atom stereocenters. The first-order valence-electron chi connectivity index (χ1n) is 11.2. The monoisotopic (exact) mass is 451 g/mol. The lowest BCUT2D eigenvalue weighted by molar-refractivity contribution is -0.116. The zero-order valence-electron chi connectivity index (χ0n) is 18.5. The highest BCUT2D eigenvalue weighted by molar-refractivity contribution is 8.00. The molecule has 31 heavy (non-hydrogen) atoms. The van der Waals surface area contributed by atoms with Crippen LogP contribution in [0, 0.1) is 11.3 Å². The van der Waals surface area contributed by atoms with Crippen molar-refractivity contribution in [3.63, 3.8) is 0 Å². The van der Waals surface area contributed by atoms with Crippen molar-refractivity contribution < 1.29 is 4.79 Å². The van der Waals surface area contributed by atoms with Gasteiger partial charge in [0.2, 0.25) is 5.91 Å². The summed E-state index contributed by atoms with van der Waals surface area (Å²) >= 11 is 3.40. The van der Waals surface area contributed by atoms with Crippen molar-refractivity contribution in [2.45, 2.75) is 57.9 Å². The van der Waals surface area contributed by atoms with Gasteiger partial charge in [-0.15, -0.1) is 11.3 Å². The second-order valence-corrected chi connectivity index (χ2v) is 11.8. The molecule has 0 saturated heterocycles. The normalized spacial score (nSPS) is 18.7. The fraction of sp³-hybridized carbons (Fsp3) is 0.480. The van der Waals surface area contributed by atoms with Crippen LogP contribution in [0.4, 0.5) is 5.69 Å². The average molecular weight is 452 g/mol. The van der Waals surface area contributed by atoms with E-state index in [0.717, 1.165) is 47.8 Å². The van der Waals surface area contributed by atoms with Crippen LogP contribution in [0.2, 0.25) is 0 Å². The summed E-state index contributed by atoms with van der Waals surface area (Å²) in [6.45, 7) is 7.85. The number of anilines is 1. The number of benzene rings is 1. The second kappa shape index (κ2) is 8.21. The number of carbonyl (C=O) groups excluding carboxylic acids is 1. The third-order valence-electron chi connectivity index (χ3n) is 6.78. The zero-order chi connectivity index (χ0) is 21.6. The molecule has 0 spiro atoms. The van der Waals surface area contributed by atoms with Gasteiger partial charge in [0.15, 0.2) is 0 Å². The number of hydrogen-bond donors (Lipinski definition) is 0. The molecule has 1 aliphatic carbocycles. The summed E-state index contributed by atoms with van der Waals surface area (Å²) in [4.78, 5) is 26.8. The molecule has 1 amide bonds. The van der Waals surface area contributed by atoms with Gasteiger partial charge < -0.3 is 4.90 Å². The van der Waals surface area contributed by atoms with Crippen molar-refractivity contribution in [1.29, 1.82) is 0 Å². The van der Waals surface area contributed by atoms with Crippen molar-refractivity contribution in [1.82, 2.24) is 9.97 Å². The highest BCUT2D eigenvalue weighted by Crippen LogP contribution is 2.44. The third kappa shape index (κ3) is 4.00. The molecule has 0 unspecified atom stereocenters. The number of thiophene rings is 1. The van der Waals surface area contributed by atoms with E-state index in [9.17, 15) is 4.79 Å². The van der Waals surface area contributed by atoms with Crippen LogP contribution in [0.15, 0.2) is 35.6 Å². The van der Waals surface area contributed by atoms with E-state index in [-0.39, 0.29) is 5.91 Å². The highest BCUT2D eigenvalue weighted by atomic mass is 32.2. The molecule has 2 aliphatic rings. The molecule has 3 aromatic rings. The Labute approximate surface area is 192 Å². The maximum absolute atomic E-state index is 13.1. The Bertz CT molecular complexity index is 1130. The SMILES string of the molecule is CC(C)(C)[C@H]1CCc2c(sc3ncnc(SCC(=O)N4CCCc5ccccc54)c23)C1. The number of thioether (sulfide) groups is 1. The first kappa shape index (κ1) is 21.0. The van der Waals surface area contributed by atoms with Gasteiger partial charge in [-0.3, -0.25) is 4.79 Å². The van der Waals surface area contributed by atoms with E-state index in [1.807, 2.05) is 22.3 Å². The van der Waals surface area contributed by atoms with Crippen molar-refractivity contribution in [3.8, 4) is 0 Å². The maximum Gasteiger partial charge on any atom is 0.237 e. The summed E-state index contributed by atoms with van der Waals surface area (Å²) in [5, 5.41) is 2.17. The van der Waals surface area contributed by atoms with Crippen LogP contribution in [-0.2, 0) is 24.1 Å². The summed E-state index contributed by atoms with van der Waals surface area (Å²) in [5.74, 6) is 1.29. The van der Waals surface area contributed by atoms with E-state index in [4.69, 9.17) is 0 Å². The first-order valence-corrected chi connectivity index (χ1v) is 13.0. The molecule has 2 aromatic heterocycles. The second-order valence-electron chi connectivity index (χ2n) is 9.73. The fourth-order valence-electron chi connectivity index (χ4n) is 4.93. The predicted molar refractivity (Wildman–Crippen MR) is 130 cm³/mol. The molecule has 0 radical (unpaired) electrons. The summed E-state index contributed by atoms with van der Waals surface area (Å²) in [6, 6.07) is 8.29. The van der Waals surface area contributed by atoms with E-state index >= 15 is 0 Å². The minimum Gasteiger partial charge on any atom is -0.311 e. The van der Waals surface area contributed by atoms with E-state index in [1.165, 1.54) is 27.8 Å². The molecule has 0 fully saturated rings. The Morgan fingerprint density at radius 2 is 2.06 bits per heavy atom. The Kier molecular flexibility index (Phi) is 5.55. The van der Waals surface area contributed by atoms with E-state index in [0.29, 0.717) is 17.1 Å². The van der Waals surface area contributed by atoms with Crippen LogP contribution < -0.4 is 4.90 Å². The summed E-state index contributed by atoms with van der Waals surface area (Å²) < 4.78 is 0. The molecule has 6 heteroatoms. The quantitative estimate of drug-likeness (QED) is 0.367. The Hall–Kier alpha value is -1.92. The Morgan fingerprint density at radius 1 is 1.23 bits per heavy atom. The van der Waals surface area contributed by atoms with Crippen molar-refractivity contribution in [2.75, 3.05) is 17.2 Å². The minimum atomic E-state index is 0.167. The fourth-order valence-corrected chi connectivity index (χ4v) is 7.16. The molecule has 0 saturated carbocycles. The van der Waals surface area contributed by atoms with E-state index in [1.54, 1.807) is 18.1 Å². The minimum absolute atomic E-state index is 0.167. The van der Waals surface area contributed by atoms with Crippen molar-refractivity contribution in [2.24, 2.45) is 11.3 Å². The number of aromatic nitrogens is 2. The highest BCUT2D eigenvalue weighted by Gasteiger charge is 2.32. The smallest absolute Gasteiger partial charge is 0.237 e. The molecular weight excluding hydrogens is 422 g/mol. The Morgan fingerprint density at radius 3 is 2.90 bits per heavy atom. The molecule has 0 bridgehead atoms. The van der Waals surface area contributed by atoms with Gasteiger partial charge in [0.25, 0.3) is 0 Å². The Balaban J connectivity index is 1.37. The molecule has 1 aromatic carbocycles. The summed E-state index contributed by atoms with van der Waals surface area (Å²) in [7, 11) is 0. The standard InChI is InChI=1S/C25H29N3OS2/c1-25(2,3)17-10-11-18-20(13-17)31-24-22(18)23(26-15-27-24)30-14-21(29)28-12-6-8-16-7-4-5-9-19(16)28/h4-5,7,9,15,17H,6,8,10-14H2,1-3H3/t17-/m0/s1. The van der Waals surface area contributed by atoms with Gasteiger partial charge in [-0.25, -0.2) is 9.97 Å². The van der Waals surface area contributed by atoms with Gasteiger partial charge in [0.1, 0.15) is 16.2 Å². The predicted octanol–water partition coefficient (Wildman–Crippen LogP) is 5.91. The van der Waals surface area contributed by atoms with E-state index in [2.05, 4.69) is 48.9 Å². The van der Waals surface area contributed by atoms with Crippen LogP contribution >= 0.6 is 23.1 Å². The lowest BCUT2D eigenvalue weighted by atomic mass is 9.72. The molecule has 1 aliphatic heterocycles. The van der Waals surface area contributed by atoms with Crippen LogP contribution in [0.5, 0.6) is 0 Å². The van der Waals surface area contributed by atoms with Crippen LogP contribution in [0.3, 0.4) is 0 Å². The number of aryl methyl sites for hydroxylation is 2. The number of para-hydroxylation sites is 1. The number of rotatable bonds is 3. The van der Waals surface area contributed by atoms with E-state index < -0.39 is 0 Å². The first-order chi connectivity index (χ1) is 14.9.